The van der Waals surface area contributed by atoms with Crippen LogP contribution in [-0.2, 0) is 10.9 Å². The molecule has 2 aromatic rings. The number of halogens is 3. The fraction of sp³-hybridized carbons (Fsp3) is 0.381. The summed E-state index contributed by atoms with van der Waals surface area (Å²) in [4.78, 5) is 26.1. The second-order valence-corrected chi connectivity index (χ2v) is 8.74. The number of carbonyl (C=O) groups excluding carboxylic acids is 1. The van der Waals surface area contributed by atoms with Gasteiger partial charge in [0.1, 0.15) is 5.69 Å². The van der Waals surface area contributed by atoms with Gasteiger partial charge in [0.15, 0.2) is 0 Å². The molecule has 0 saturated heterocycles. The van der Waals surface area contributed by atoms with Crippen molar-refractivity contribution in [1.82, 2.24) is 0 Å². The van der Waals surface area contributed by atoms with Gasteiger partial charge >= 0.3 is 6.18 Å². The first-order valence-electron chi connectivity index (χ1n) is 9.83. The van der Waals surface area contributed by atoms with Gasteiger partial charge in [-0.15, -0.1) is 11.8 Å². The highest BCUT2D eigenvalue weighted by molar-refractivity contribution is 8.00. The molecule has 1 unspecified atom stereocenters. The smallest absolute Gasteiger partial charge is 0.383 e. The molecule has 0 fully saturated rings. The highest BCUT2D eigenvalue weighted by atomic mass is 32.2. The predicted octanol–water partition coefficient (Wildman–Crippen LogP) is 5.20. The number of fused-ring (bicyclic) bond motifs is 1. The van der Waals surface area contributed by atoms with Crippen LogP contribution in [0.2, 0.25) is 0 Å². The molecule has 1 atom stereocenters. The van der Waals surface area contributed by atoms with Gasteiger partial charge < -0.3 is 15.0 Å². The molecule has 0 aliphatic carbocycles. The Balaban J connectivity index is 2.00. The minimum absolute atomic E-state index is 0.0249. The molecule has 0 saturated carbocycles. The molecule has 0 radical (unpaired) electrons. The number of rotatable bonds is 6. The van der Waals surface area contributed by atoms with Crippen LogP contribution >= 0.6 is 11.8 Å². The lowest BCUT2D eigenvalue weighted by atomic mass is 10.1. The molecule has 32 heavy (non-hydrogen) atoms. The van der Waals surface area contributed by atoms with Gasteiger partial charge in [0.2, 0.25) is 0 Å². The number of anilines is 2. The second-order valence-electron chi connectivity index (χ2n) is 7.26. The fourth-order valence-corrected chi connectivity index (χ4v) is 4.42. The average molecular weight is 469 g/mol. The van der Waals surface area contributed by atoms with Crippen molar-refractivity contribution >= 4 is 34.7 Å². The van der Waals surface area contributed by atoms with E-state index in [1.165, 1.54) is 42.0 Å². The lowest BCUT2D eigenvalue weighted by Crippen LogP contribution is -2.32. The largest absolute Gasteiger partial charge is 0.416 e. The molecule has 1 aliphatic rings. The summed E-state index contributed by atoms with van der Waals surface area (Å²) in [7, 11) is 1.50. The molecule has 11 heteroatoms. The number of amides is 1. The molecular formula is C21H22F3N3O4S. The minimum Gasteiger partial charge on any atom is -0.383 e. The van der Waals surface area contributed by atoms with Crippen molar-refractivity contribution in [3.63, 3.8) is 0 Å². The van der Waals surface area contributed by atoms with E-state index in [1.807, 2.05) is 6.92 Å². The molecule has 0 aromatic heterocycles. The summed E-state index contributed by atoms with van der Waals surface area (Å²) in [5.41, 5.74) is -0.744. The Bertz CT molecular complexity index is 1020. The van der Waals surface area contributed by atoms with Crippen LogP contribution < -0.4 is 10.2 Å². The van der Waals surface area contributed by atoms with E-state index in [0.717, 1.165) is 18.2 Å². The van der Waals surface area contributed by atoms with Crippen LogP contribution in [0.4, 0.5) is 30.2 Å². The number of hydrogen-bond acceptors (Lipinski definition) is 6. The maximum Gasteiger partial charge on any atom is 0.416 e. The molecular weight excluding hydrogens is 447 g/mol. The monoisotopic (exact) mass is 469 g/mol. The zero-order valence-electron chi connectivity index (χ0n) is 17.4. The Labute approximate surface area is 187 Å². The van der Waals surface area contributed by atoms with Gasteiger partial charge in [-0.3, -0.25) is 14.9 Å². The number of nitro benzene ring substituents is 1. The van der Waals surface area contributed by atoms with Crippen molar-refractivity contribution in [2.45, 2.75) is 29.7 Å². The molecule has 7 nitrogen and oxygen atoms in total. The second kappa shape index (κ2) is 9.78. The maximum absolute atomic E-state index is 13.3. The number of nitro groups is 1. The number of nitrogens with one attached hydrogen (secondary N) is 1. The predicted molar refractivity (Wildman–Crippen MR) is 117 cm³/mol. The van der Waals surface area contributed by atoms with E-state index in [1.54, 1.807) is 0 Å². The van der Waals surface area contributed by atoms with Crippen molar-refractivity contribution in [2.75, 3.05) is 37.0 Å². The summed E-state index contributed by atoms with van der Waals surface area (Å²) in [6, 6.07) is 7.33. The Morgan fingerprint density at radius 2 is 2.06 bits per heavy atom. The minimum atomic E-state index is -4.55. The van der Waals surface area contributed by atoms with Crippen molar-refractivity contribution < 1.29 is 27.6 Å². The number of benzene rings is 2. The van der Waals surface area contributed by atoms with E-state index >= 15 is 0 Å². The van der Waals surface area contributed by atoms with Crippen LogP contribution in [0.1, 0.15) is 29.3 Å². The lowest BCUT2D eigenvalue weighted by Gasteiger charge is -2.24. The fourth-order valence-electron chi connectivity index (χ4n) is 3.33. The van der Waals surface area contributed by atoms with Crippen LogP contribution in [0, 0.1) is 10.1 Å². The molecule has 1 amide bonds. The third-order valence-electron chi connectivity index (χ3n) is 4.97. The molecule has 2 aromatic carbocycles. The molecule has 0 bridgehead atoms. The Hall–Kier alpha value is -2.79. The van der Waals surface area contributed by atoms with Crippen LogP contribution in [0.5, 0.6) is 0 Å². The van der Waals surface area contributed by atoms with Crippen molar-refractivity contribution in [1.29, 1.82) is 0 Å². The van der Waals surface area contributed by atoms with E-state index in [2.05, 4.69) is 5.32 Å². The summed E-state index contributed by atoms with van der Waals surface area (Å²) in [6.07, 6.45) is -3.99. The molecule has 3 rings (SSSR count). The normalized spacial score (nSPS) is 16.3. The highest BCUT2D eigenvalue weighted by Crippen LogP contribution is 2.42. The van der Waals surface area contributed by atoms with Crippen LogP contribution in [-0.4, -0.2) is 42.9 Å². The van der Waals surface area contributed by atoms with Gasteiger partial charge in [-0.25, -0.2) is 0 Å². The van der Waals surface area contributed by atoms with Crippen molar-refractivity contribution in [3.8, 4) is 0 Å². The van der Waals surface area contributed by atoms with Gasteiger partial charge in [-0.1, -0.05) is 6.92 Å². The number of ether oxygens (including phenoxy) is 1. The van der Waals surface area contributed by atoms with Gasteiger partial charge in [0.05, 0.1) is 22.8 Å². The summed E-state index contributed by atoms with van der Waals surface area (Å²) in [5, 5.41) is 14.5. The zero-order chi connectivity index (χ0) is 23.5. The Kier molecular flexibility index (Phi) is 7.29. The zero-order valence-corrected chi connectivity index (χ0v) is 18.3. The number of alkyl halides is 3. The van der Waals surface area contributed by atoms with Gasteiger partial charge in [-0.05, 0) is 36.8 Å². The summed E-state index contributed by atoms with van der Waals surface area (Å²) >= 11 is 1.40. The standard InChI is InChI=1S/C21H22F3N3O4S/c1-13-7-9-26(18-12-15(21(22,23)24)4-6-19(18)32-13)20(28)14-3-5-16(25-8-10-31-2)17(11-14)27(29)30/h3-6,11-13,25H,7-10H2,1-2H3. The number of carbonyl (C=O) groups is 1. The van der Waals surface area contributed by atoms with Crippen LogP contribution in [0.3, 0.4) is 0 Å². The third-order valence-corrected chi connectivity index (χ3v) is 6.21. The highest BCUT2D eigenvalue weighted by Gasteiger charge is 2.34. The SMILES string of the molecule is COCCNc1ccc(C(=O)N2CCC(C)Sc3ccc(C(F)(F)F)cc32)cc1[N+](=O)[O-]. The average Bonchev–Trinajstić information content (AvgIpc) is 2.90. The van der Waals surface area contributed by atoms with Gasteiger partial charge in [0, 0.05) is 42.0 Å². The first kappa shape index (κ1) is 23.9. The van der Waals surface area contributed by atoms with Crippen molar-refractivity contribution in [2.24, 2.45) is 0 Å². The first-order valence-corrected chi connectivity index (χ1v) is 10.7. The Morgan fingerprint density at radius 3 is 2.72 bits per heavy atom. The molecule has 1 aliphatic heterocycles. The van der Waals surface area contributed by atoms with Crippen molar-refractivity contribution in [3.05, 3.63) is 57.6 Å². The van der Waals surface area contributed by atoms with Gasteiger partial charge in [0.25, 0.3) is 11.6 Å². The van der Waals surface area contributed by atoms with E-state index < -0.39 is 22.6 Å². The molecule has 172 valence electrons. The van der Waals surface area contributed by atoms with E-state index in [0.29, 0.717) is 24.5 Å². The third kappa shape index (κ3) is 5.33. The number of nitrogens with zero attached hydrogens (tertiary/aromatic N) is 2. The van der Waals surface area contributed by atoms with E-state index in [4.69, 9.17) is 4.74 Å². The summed E-state index contributed by atoms with van der Waals surface area (Å²) in [5.74, 6) is -0.591. The summed E-state index contributed by atoms with van der Waals surface area (Å²) < 4.78 is 44.8. The Morgan fingerprint density at radius 1 is 1.31 bits per heavy atom. The molecule has 1 heterocycles. The van der Waals surface area contributed by atoms with E-state index in [9.17, 15) is 28.1 Å². The number of hydrogen-bond donors (Lipinski definition) is 1. The number of thioether (sulfide) groups is 1. The van der Waals surface area contributed by atoms with Gasteiger partial charge in [-0.2, -0.15) is 13.2 Å². The summed E-state index contributed by atoms with van der Waals surface area (Å²) in [6.45, 7) is 2.80. The molecule has 0 spiro atoms. The quantitative estimate of drug-likeness (QED) is 0.356. The maximum atomic E-state index is 13.3. The van der Waals surface area contributed by atoms with Crippen LogP contribution in [0.25, 0.3) is 0 Å². The van der Waals surface area contributed by atoms with E-state index in [-0.39, 0.29) is 34.4 Å². The number of methoxy groups -OCH3 is 1. The topological polar surface area (TPSA) is 84.7 Å². The first-order chi connectivity index (χ1) is 15.1. The lowest BCUT2D eigenvalue weighted by molar-refractivity contribution is -0.384. The molecule has 1 N–H and O–H groups in total. The van der Waals surface area contributed by atoms with Crippen LogP contribution in [0.15, 0.2) is 41.3 Å².